The monoisotopic (exact) mass is 217 g/mol. The first kappa shape index (κ1) is 10.2. The van der Waals surface area contributed by atoms with Gasteiger partial charge in [0.2, 0.25) is 0 Å². The summed E-state index contributed by atoms with van der Waals surface area (Å²) in [5, 5.41) is 3.51. The molecule has 3 rings (SSSR count). The van der Waals surface area contributed by atoms with Crippen molar-refractivity contribution in [2.24, 2.45) is 5.92 Å². The Hall–Kier alpha value is -1.02. The number of piperidine rings is 1. The van der Waals surface area contributed by atoms with Crippen LogP contribution in [0.1, 0.15) is 29.9 Å². The summed E-state index contributed by atoms with van der Waals surface area (Å²) in [7, 11) is 1.75. The second kappa shape index (κ2) is 4.10. The molecule has 1 fully saturated rings. The first-order chi connectivity index (χ1) is 7.88. The molecular formula is C14H19NO. The van der Waals surface area contributed by atoms with Crippen molar-refractivity contribution in [2.45, 2.75) is 25.2 Å². The summed E-state index contributed by atoms with van der Waals surface area (Å²) >= 11 is 0. The van der Waals surface area contributed by atoms with E-state index in [1.807, 2.05) is 0 Å². The van der Waals surface area contributed by atoms with E-state index in [4.69, 9.17) is 4.74 Å². The van der Waals surface area contributed by atoms with Gasteiger partial charge in [0, 0.05) is 0 Å². The molecule has 0 radical (unpaired) electrons. The van der Waals surface area contributed by atoms with Crippen LogP contribution < -0.4 is 10.1 Å². The first-order valence-electron chi connectivity index (χ1n) is 6.26. The number of nitrogens with one attached hydrogen (secondary N) is 1. The summed E-state index contributed by atoms with van der Waals surface area (Å²) in [5.41, 5.74) is 3.10. The molecule has 2 nitrogen and oxygen atoms in total. The van der Waals surface area contributed by atoms with Crippen LogP contribution >= 0.6 is 0 Å². The van der Waals surface area contributed by atoms with Gasteiger partial charge in [0.15, 0.2) is 0 Å². The number of methoxy groups -OCH3 is 1. The average Bonchev–Trinajstić information content (AvgIpc) is 2.38. The van der Waals surface area contributed by atoms with Gasteiger partial charge in [-0.3, -0.25) is 0 Å². The molecule has 0 spiro atoms. The molecule has 16 heavy (non-hydrogen) atoms. The third-order valence-corrected chi connectivity index (χ3v) is 4.14. The van der Waals surface area contributed by atoms with Crippen molar-refractivity contribution in [2.75, 3.05) is 20.2 Å². The summed E-state index contributed by atoms with van der Waals surface area (Å²) in [6.45, 7) is 2.36. The van der Waals surface area contributed by atoms with E-state index in [0.717, 1.165) is 24.1 Å². The minimum Gasteiger partial charge on any atom is -0.497 e. The van der Waals surface area contributed by atoms with Crippen molar-refractivity contribution in [1.29, 1.82) is 0 Å². The summed E-state index contributed by atoms with van der Waals surface area (Å²) in [5.74, 6) is 2.62. The minimum absolute atomic E-state index is 0.764. The van der Waals surface area contributed by atoms with Gasteiger partial charge in [0.05, 0.1) is 7.11 Å². The lowest BCUT2D eigenvalue weighted by Gasteiger charge is -2.37. The second-order valence-corrected chi connectivity index (χ2v) is 4.96. The van der Waals surface area contributed by atoms with E-state index in [1.165, 1.54) is 25.8 Å². The number of benzene rings is 1. The number of hydrogen-bond acceptors (Lipinski definition) is 2. The van der Waals surface area contributed by atoms with Gasteiger partial charge in [-0.05, 0) is 67.4 Å². The van der Waals surface area contributed by atoms with Crippen molar-refractivity contribution >= 4 is 0 Å². The Labute approximate surface area is 97.0 Å². The molecular weight excluding hydrogens is 198 g/mol. The topological polar surface area (TPSA) is 21.3 Å². The zero-order valence-corrected chi connectivity index (χ0v) is 9.83. The molecule has 1 aliphatic carbocycles. The van der Waals surface area contributed by atoms with Crippen molar-refractivity contribution < 1.29 is 4.74 Å². The minimum atomic E-state index is 0.764. The normalized spacial score (nSPS) is 28.1. The van der Waals surface area contributed by atoms with E-state index in [-0.39, 0.29) is 0 Å². The largest absolute Gasteiger partial charge is 0.497 e. The fraction of sp³-hybridized carbons (Fsp3) is 0.571. The highest BCUT2D eigenvalue weighted by atomic mass is 16.5. The average molecular weight is 217 g/mol. The molecule has 2 aliphatic rings. The van der Waals surface area contributed by atoms with E-state index in [1.54, 1.807) is 18.2 Å². The predicted molar refractivity (Wildman–Crippen MR) is 65.0 cm³/mol. The van der Waals surface area contributed by atoms with E-state index < -0.39 is 0 Å². The Morgan fingerprint density at radius 3 is 3.12 bits per heavy atom. The zero-order chi connectivity index (χ0) is 11.0. The molecule has 1 saturated heterocycles. The van der Waals surface area contributed by atoms with Crippen molar-refractivity contribution in [3.63, 3.8) is 0 Å². The maximum atomic E-state index is 5.34. The number of hydrogen-bond donors (Lipinski definition) is 1. The van der Waals surface area contributed by atoms with Gasteiger partial charge in [-0.15, -0.1) is 0 Å². The summed E-state index contributed by atoms with van der Waals surface area (Å²) in [6, 6.07) is 6.62. The summed E-state index contributed by atoms with van der Waals surface area (Å²) < 4.78 is 5.34. The predicted octanol–water partition coefficient (Wildman–Crippen LogP) is 2.33. The number of ether oxygens (including phenoxy) is 1. The van der Waals surface area contributed by atoms with Crippen molar-refractivity contribution in [1.82, 2.24) is 5.32 Å². The van der Waals surface area contributed by atoms with Crippen LogP contribution in [0.4, 0.5) is 0 Å². The fourth-order valence-electron chi connectivity index (χ4n) is 3.25. The molecule has 2 atom stereocenters. The van der Waals surface area contributed by atoms with Crippen LogP contribution in [0.15, 0.2) is 18.2 Å². The van der Waals surface area contributed by atoms with Gasteiger partial charge in [-0.1, -0.05) is 6.07 Å². The highest BCUT2D eigenvalue weighted by Gasteiger charge is 2.31. The molecule has 0 saturated carbocycles. The highest BCUT2D eigenvalue weighted by molar-refractivity contribution is 5.40. The molecule has 0 amide bonds. The molecule has 86 valence electrons. The SMILES string of the molecule is COc1ccc2c(c1)[C@@H]1CCNC[C@H]1CC2. The van der Waals surface area contributed by atoms with Crippen molar-refractivity contribution in [3.8, 4) is 5.75 Å². The zero-order valence-electron chi connectivity index (χ0n) is 9.83. The molecule has 1 heterocycles. The lowest BCUT2D eigenvalue weighted by atomic mass is 9.72. The molecule has 1 aromatic carbocycles. The lowest BCUT2D eigenvalue weighted by molar-refractivity contribution is 0.292. The molecule has 0 unspecified atom stereocenters. The van der Waals surface area contributed by atoms with Gasteiger partial charge >= 0.3 is 0 Å². The van der Waals surface area contributed by atoms with Crippen LogP contribution in [0.2, 0.25) is 0 Å². The van der Waals surface area contributed by atoms with Gasteiger partial charge in [-0.25, -0.2) is 0 Å². The standard InChI is InChI=1S/C14H19NO/c1-16-12-5-4-10-2-3-11-9-15-7-6-13(11)14(10)8-12/h4-5,8,11,13,15H,2-3,6-7,9H2,1H3/t11-,13-/m1/s1. The highest BCUT2D eigenvalue weighted by Crippen LogP contribution is 2.40. The van der Waals surface area contributed by atoms with E-state index in [0.29, 0.717) is 0 Å². The van der Waals surface area contributed by atoms with Crippen LogP contribution in [-0.2, 0) is 6.42 Å². The summed E-state index contributed by atoms with van der Waals surface area (Å²) in [6.07, 6.45) is 3.87. The molecule has 0 bridgehead atoms. The summed E-state index contributed by atoms with van der Waals surface area (Å²) in [4.78, 5) is 0. The van der Waals surface area contributed by atoms with Gasteiger partial charge in [0.1, 0.15) is 5.75 Å². The quantitative estimate of drug-likeness (QED) is 0.779. The third-order valence-electron chi connectivity index (χ3n) is 4.14. The van der Waals surface area contributed by atoms with E-state index in [2.05, 4.69) is 23.5 Å². The van der Waals surface area contributed by atoms with Gasteiger partial charge < -0.3 is 10.1 Å². The Morgan fingerprint density at radius 1 is 1.31 bits per heavy atom. The number of fused-ring (bicyclic) bond motifs is 3. The molecule has 1 aromatic rings. The van der Waals surface area contributed by atoms with Crippen LogP contribution in [0, 0.1) is 5.92 Å². The van der Waals surface area contributed by atoms with Crippen LogP contribution in [0.5, 0.6) is 5.75 Å². The molecule has 1 N–H and O–H groups in total. The van der Waals surface area contributed by atoms with Crippen LogP contribution in [-0.4, -0.2) is 20.2 Å². The van der Waals surface area contributed by atoms with Gasteiger partial charge in [-0.2, -0.15) is 0 Å². The Kier molecular flexibility index (Phi) is 2.60. The number of rotatable bonds is 1. The first-order valence-corrected chi connectivity index (χ1v) is 6.26. The Balaban J connectivity index is 1.98. The van der Waals surface area contributed by atoms with Crippen LogP contribution in [0.25, 0.3) is 0 Å². The lowest BCUT2D eigenvalue weighted by Crippen LogP contribution is -2.37. The van der Waals surface area contributed by atoms with Gasteiger partial charge in [0.25, 0.3) is 0 Å². The molecule has 2 heteroatoms. The smallest absolute Gasteiger partial charge is 0.119 e. The third kappa shape index (κ3) is 1.61. The molecule has 1 aliphatic heterocycles. The maximum absolute atomic E-state index is 5.34. The van der Waals surface area contributed by atoms with Crippen molar-refractivity contribution in [3.05, 3.63) is 29.3 Å². The maximum Gasteiger partial charge on any atom is 0.119 e. The Bertz CT molecular complexity index is 388. The number of aryl methyl sites for hydroxylation is 1. The van der Waals surface area contributed by atoms with E-state index in [9.17, 15) is 0 Å². The van der Waals surface area contributed by atoms with E-state index >= 15 is 0 Å². The fourth-order valence-corrected chi connectivity index (χ4v) is 3.25. The molecule has 0 aromatic heterocycles. The Morgan fingerprint density at radius 2 is 2.25 bits per heavy atom. The second-order valence-electron chi connectivity index (χ2n) is 4.96. The van der Waals surface area contributed by atoms with Crippen LogP contribution in [0.3, 0.4) is 0 Å².